The molecule has 0 saturated carbocycles. The highest BCUT2D eigenvalue weighted by atomic mass is 16.1. The quantitative estimate of drug-likeness (QED) is 0.678. The van der Waals surface area contributed by atoms with E-state index in [1.165, 1.54) is 0 Å². The summed E-state index contributed by atoms with van der Waals surface area (Å²) in [6, 6.07) is 0.0821. The Bertz CT molecular complexity index is 324. The van der Waals surface area contributed by atoms with E-state index in [0.717, 1.165) is 5.69 Å². The molecular weight excluding hydrogens is 154 g/mol. The van der Waals surface area contributed by atoms with E-state index in [0.29, 0.717) is 6.54 Å². The minimum atomic E-state index is 0.00505. The van der Waals surface area contributed by atoms with Gasteiger partial charge in [-0.05, 0) is 13.8 Å². The summed E-state index contributed by atoms with van der Waals surface area (Å²) in [7, 11) is 1.75. The highest BCUT2D eigenvalue weighted by Crippen LogP contribution is 2.03. The second-order valence-electron chi connectivity index (χ2n) is 3.12. The third-order valence-electron chi connectivity index (χ3n) is 2.05. The van der Waals surface area contributed by atoms with Crippen LogP contribution in [0.4, 0.5) is 0 Å². The number of nitrogens with two attached hydrogens (primary N) is 1. The van der Waals surface area contributed by atoms with Crippen LogP contribution in [0.3, 0.4) is 0 Å². The van der Waals surface area contributed by atoms with Gasteiger partial charge in [0.15, 0.2) is 0 Å². The molecule has 0 radical (unpaired) electrons. The maximum Gasteiger partial charge on any atom is 0.328 e. The van der Waals surface area contributed by atoms with Crippen molar-refractivity contribution in [3.63, 3.8) is 0 Å². The van der Waals surface area contributed by atoms with Crippen molar-refractivity contribution >= 4 is 0 Å². The third-order valence-corrected chi connectivity index (χ3v) is 2.05. The number of nitrogens with zero attached hydrogens (tertiary/aromatic N) is 2. The molecule has 1 heterocycles. The Morgan fingerprint density at radius 2 is 2.25 bits per heavy atom. The van der Waals surface area contributed by atoms with Crippen LogP contribution in [-0.4, -0.2) is 15.7 Å². The van der Waals surface area contributed by atoms with Crippen molar-refractivity contribution in [1.29, 1.82) is 0 Å². The van der Waals surface area contributed by atoms with Gasteiger partial charge in [-0.1, -0.05) is 0 Å². The Hall–Kier alpha value is -1.03. The van der Waals surface area contributed by atoms with Gasteiger partial charge in [0.05, 0.1) is 0 Å². The van der Waals surface area contributed by atoms with Crippen molar-refractivity contribution in [1.82, 2.24) is 9.13 Å². The van der Waals surface area contributed by atoms with E-state index in [9.17, 15) is 4.79 Å². The highest BCUT2D eigenvalue weighted by Gasteiger charge is 2.09. The molecule has 0 fully saturated rings. The third kappa shape index (κ3) is 1.30. The van der Waals surface area contributed by atoms with Crippen molar-refractivity contribution in [2.75, 3.05) is 6.54 Å². The molecule has 0 aliphatic heterocycles. The van der Waals surface area contributed by atoms with Gasteiger partial charge >= 0.3 is 5.69 Å². The van der Waals surface area contributed by atoms with Crippen molar-refractivity contribution in [3.05, 3.63) is 22.4 Å². The van der Waals surface area contributed by atoms with E-state index < -0.39 is 0 Å². The van der Waals surface area contributed by atoms with Gasteiger partial charge in [-0.15, -0.1) is 0 Å². The molecule has 4 heteroatoms. The second-order valence-corrected chi connectivity index (χ2v) is 3.12. The molecule has 4 nitrogen and oxygen atoms in total. The molecule has 1 unspecified atom stereocenters. The fourth-order valence-corrected chi connectivity index (χ4v) is 1.36. The number of hydrogen-bond donors (Lipinski definition) is 1. The minimum absolute atomic E-state index is 0.00505. The monoisotopic (exact) mass is 169 g/mol. The lowest BCUT2D eigenvalue weighted by molar-refractivity contribution is 0.522. The van der Waals surface area contributed by atoms with Crippen LogP contribution in [0, 0.1) is 6.92 Å². The van der Waals surface area contributed by atoms with Crippen LogP contribution in [0.2, 0.25) is 0 Å². The van der Waals surface area contributed by atoms with Crippen LogP contribution in [0.5, 0.6) is 0 Å². The first kappa shape index (κ1) is 9.06. The molecule has 0 saturated heterocycles. The molecule has 0 aliphatic carbocycles. The molecule has 1 aromatic rings. The lowest BCUT2D eigenvalue weighted by atomic mass is 10.3. The molecule has 0 spiro atoms. The van der Waals surface area contributed by atoms with Crippen LogP contribution in [0.1, 0.15) is 18.7 Å². The van der Waals surface area contributed by atoms with Crippen LogP contribution in [-0.2, 0) is 7.05 Å². The van der Waals surface area contributed by atoms with Crippen LogP contribution in [0.25, 0.3) is 0 Å². The van der Waals surface area contributed by atoms with E-state index in [1.54, 1.807) is 16.2 Å². The Kier molecular flexibility index (Phi) is 2.38. The van der Waals surface area contributed by atoms with Crippen LogP contribution >= 0.6 is 0 Å². The molecule has 0 amide bonds. The molecule has 1 rings (SSSR count). The Labute approximate surface area is 71.6 Å². The smallest absolute Gasteiger partial charge is 0.328 e. The molecule has 1 aromatic heterocycles. The normalized spacial score (nSPS) is 13.3. The van der Waals surface area contributed by atoms with Gasteiger partial charge in [-0.3, -0.25) is 4.57 Å². The van der Waals surface area contributed by atoms with Crippen molar-refractivity contribution in [3.8, 4) is 0 Å². The first-order valence-corrected chi connectivity index (χ1v) is 4.02. The Morgan fingerprint density at radius 3 is 2.58 bits per heavy atom. The van der Waals surface area contributed by atoms with Crippen molar-refractivity contribution in [2.45, 2.75) is 19.9 Å². The fourth-order valence-electron chi connectivity index (χ4n) is 1.36. The first-order valence-electron chi connectivity index (χ1n) is 4.02. The summed E-state index contributed by atoms with van der Waals surface area (Å²) in [4.78, 5) is 11.5. The summed E-state index contributed by atoms with van der Waals surface area (Å²) < 4.78 is 3.28. The van der Waals surface area contributed by atoms with Gasteiger partial charge < -0.3 is 10.3 Å². The number of imidazole rings is 1. The van der Waals surface area contributed by atoms with Gasteiger partial charge in [0.25, 0.3) is 0 Å². The van der Waals surface area contributed by atoms with Gasteiger partial charge in [0.1, 0.15) is 0 Å². The van der Waals surface area contributed by atoms with Crippen molar-refractivity contribution < 1.29 is 0 Å². The standard InChI is InChI=1S/C8H15N3O/c1-6(4-9)11-7(2)5-10(3)8(11)12/h5-6H,4,9H2,1-3H3. The van der Waals surface area contributed by atoms with Gasteiger partial charge in [0, 0.05) is 31.5 Å². The Balaban J connectivity index is 3.22. The SMILES string of the molecule is Cc1cn(C)c(=O)n1C(C)CN. The largest absolute Gasteiger partial charge is 0.328 e. The molecule has 68 valence electrons. The summed E-state index contributed by atoms with van der Waals surface area (Å²) in [6.07, 6.45) is 1.81. The molecule has 1 atom stereocenters. The zero-order valence-electron chi connectivity index (χ0n) is 7.74. The molecule has 0 aromatic carbocycles. The average molecular weight is 169 g/mol. The Morgan fingerprint density at radius 1 is 1.67 bits per heavy atom. The fraction of sp³-hybridized carbons (Fsp3) is 0.625. The minimum Gasteiger partial charge on any atom is -0.328 e. The van der Waals surface area contributed by atoms with Crippen LogP contribution in [0.15, 0.2) is 11.0 Å². The molecule has 2 N–H and O–H groups in total. The van der Waals surface area contributed by atoms with Gasteiger partial charge in [0.2, 0.25) is 0 Å². The number of hydrogen-bond acceptors (Lipinski definition) is 2. The molecule has 0 aliphatic rings. The number of aromatic nitrogens is 2. The summed E-state index contributed by atoms with van der Waals surface area (Å²) in [6.45, 7) is 4.34. The second kappa shape index (κ2) is 3.15. The predicted molar refractivity (Wildman–Crippen MR) is 48.2 cm³/mol. The maximum atomic E-state index is 11.5. The zero-order chi connectivity index (χ0) is 9.30. The van der Waals surface area contributed by atoms with E-state index in [4.69, 9.17) is 5.73 Å². The average Bonchev–Trinajstić information content (AvgIpc) is 2.26. The summed E-state index contributed by atoms with van der Waals surface area (Å²) in [5, 5.41) is 0. The lowest BCUT2D eigenvalue weighted by Crippen LogP contribution is -2.29. The molecule has 0 bridgehead atoms. The van der Waals surface area contributed by atoms with E-state index in [-0.39, 0.29) is 11.7 Å². The first-order chi connectivity index (χ1) is 5.57. The summed E-state index contributed by atoms with van der Waals surface area (Å²) >= 11 is 0. The lowest BCUT2D eigenvalue weighted by Gasteiger charge is -2.10. The van der Waals surface area contributed by atoms with E-state index in [1.807, 2.05) is 20.0 Å². The summed E-state index contributed by atoms with van der Waals surface area (Å²) in [5.41, 5.74) is 6.45. The number of rotatable bonds is 2. The van der Waals surface area contributed by atoms with Crippen LogP contribution < -0.4 is 11.4 Å². The zero-order valence-corrected chi connectivity index (χ0v) is 7.74. The van der Waals surface area contributed by atoms with Crippen molar-refractivity contribution in [2.24, 2.45) is 12.8 Å². The van der Waals surface area contributed by atoms with E-state index in [2.05, 4.69) is 0 Å². The van der Waals surface area contributed by atoms with Gasteiger partial charge in [-0.25, -0.2) is 4.79 Å². The van der Waals surface area contributed by atoms with E-state index >= 15 is 0 Å². The maximum absolute atomic E-state index is 11.5. The van der Waals surface area contributed by atoms with Gasteiger partial charge in [-0.2, -0.15) is 0 Å². The highest BCUT2D eigenvalue weighted by molar-refractivity contribution is 4.98. The molecular formula is C8H15N3O. The topological polar surface area (TPSA) is 53.0 Å². The molecule has 12 heavy (non-hydrogen) atoms. The predicted octanol–water partition coefficient (Wildman–Crippen LogP) is 0.0149. The number of aryl methyl sites for hydroxylation is 2. The summed E-state index contributed by atoms with van der Waals surface area (Å²) in [5.74, 6) is 0.